The second-order valence-corrected chi connectivity index (χ2v) is 2.13. The number of halogens is 3. The summed E-state index contributed by atoms with van der Waals surface area (Å²) in [5.41, 5.74) is 0.0505. The molecule has 0 aliphatic rings. The number of rotatable bonds is 2. The first-order valence-corrected chi connectivity index (χ1v) is 4.20. The number of hydrogen-bond donors (Lipinski definition) is 0. The van der Waals surface area contributed by atoms with Crippen LogP contribution in [0.2, 0.25) is 0 Å². The van der Waals surface area contributed by atoms with Crippen molar-refractivity contribution in [3.63, 3.8) is 0 Å². The Bertz CT molecular complexity index is 295. The van der Waals surface area contributed by atoms with Gasteiger partial charge in [-0.3, -0.25) is 0 Å². The topological polar surface area (TPSA) is 38.7 Å². The lowest BCUT2D eigenvalue weighted by molar-refractivity contribution is -0.274. The van der Waals surface area contributed by atoms with E-state index in [9.17, 15) is 18.1 Å². The zero-order chi connectivity index (χ0) is 11.9. The van der Waals surface area contributed by atoms with E-state index in [2.05, 4.69) is 9.91 Å². The second-order valence-electron chi connectivity index (χ2n) is 2.13. The van der Waals surface area contributed by atoms with Gasteiger partial charge in [0.1, 0.15) is 11.4 Å². The fourth-order valence-corrected chi connectivity index (χ4v) is 0.709. The SMILES string of the molecule is CC.O=Nc1ccc(OC(F)(F)F)cc1. The first-order valence-electron chi connectivity index (χ1n) is 4.20. The van der Waals surface area contributed by atoms with Gasteiger partial charge in [0.05, 0.1) is 0 Å². The van der Waals surface area contributed by atoms with Gasteiger partial charge in [-0.25, -0.2) is 0 Å². The standard InChI is InChI=1S/C7H4F3NO2.C2H6/c8-7(9,10)13-6-3-1-5(11-12)2-4-6;1-2/h1-4H;1-2H3. The maximum absolute atomic E-state index is 11.6. The lowest BCUT2D eigenvalue weighted by Crippen LogP contribution is -2.16. The summed E-state index contributed by atoms with van der Waals surface area (Å²) in [6, 6.07) is 4.30. The summed E-state index contributed by atoms with van der Waals surface area (Å²) < 4.78 is 38.4. The molecule has 1 aromatic carbocycles. The molecule has 0 unspecified atom stereocenters. The third kappa shape index (κ3) is 5.66. The Labute approximate surface area is 84.8 Å². The smallest absolute Gasteiger partial charge is 0.406 e. The summed E-state index contributed by atoms with van der Waals surface area (Å²) in [5.74, 6) is -0.375. The molecule has 0 aromatic heterocycles. The van der Waals surface area contributed by atoms with Gasteiger partial charge < -0.3 is 4.74 Å². The van der Waals surface area contributed by atoms with Crippen LogP contribution in [-0.2, 0) is 0 Å². The van der Waals surface area contributed by atoms with E-state index in [1.54, 1.807) is 0 Å². The van der Waals surface area contributed by atoms with Gasteiger partial charge in [0.2, 0.25) is 0 Å². The van der Waals surface area contributed by atoms with Crippen molar-refractivity contribution in [1.82, 2.24) is 0 Å². The zero-order valence-corrected chi connectivity index (χ0v) is 8.21. The molecule has 0 saturated heterocycles. The van der Waals surface area contributed by atoms with Gasteiger partial charge in [-0.05, 0) is 29.4 Å². The molecule has 1 rings (SSSR count). The Kier molecular flexibility index (Phi) is 5.36. The predicted molar refractivity (Wildman–Crippen MR) is 49.9 cm³/mol. The van der Waals surface area contributed by atoms with Crippen molar-refractivity contribution in [2.24, 2.45) is 5.18 Å². The molecule has 0 N–H and O–H groups in total. The van der Waals surface area contributed by atoms with Crippen LogP contribution in [0, 0.1) is 4.91 Å². The quantitative estimate of drug-likeness (QED) is 0.707. The van der Waals surface area contributed by atoms with E-state index in [1.165, 1.54) is 0 Å². The number of ether oxygens (including phenoxy) is 1. The molecule has 0 aliphatic carbocycles. The molecule has 15 heavy (non-hydrogen) atoms. The van der Waals surface area contributed by atoms with Crippen LogP contribution in [0.3, 0.4) is 0 Å². The summed E-state index contributed by atoms with van der Waals surface area (Å²) in [4.78, 5) is 9.89. The molecule has 84 valence electrons. The minimum atomic E-state index is -4.71. The van der Waals surface area contributed by atoms with Crippen LogP contribution in [0.1, 0.15) is 13.8 Å². The third-order valence-electron chi connectivity index (χ3n) is 1.18. The maximum atomic E-state index is 11.6. The number of alkyl halides is 3. The molecule has 0 fully saturated rings. The Morgan fingerprint density at radius 3 is 1.93 bits per heavy atom. The van der Waals surface area contributed by atoms with Gasteiger partial charge in [0.25, 0.3) is 0 Å². The lowest BCUT2D eigenvalue weighted by Gasteiger charge is -2.07. The Hall–Kier alpha value is -1.59. The van der Waals surface area contributed by atoms with Gasteiger partial charge in [-0.1, -0.05) is 13.8 Å². The van der Waals surface area contributed by atoms with E-state index in [-0.39, 0.29) is 11.4 Å². The average molecular weight is 221 g/mol. The monoisotopic (exact) mass is 221 g/mol. The van der Waals surface area contributed by atoms with Crippen LogP contribution >= 0.6 is 0 Å². The molecule has 0 spiro atoms. The lowest BCUT2D eigenvalue weighted by atomic mass is 10.3. The third-order valence-corrected chi connectivity index (χ3v) is 1.18. The number of hydrogen-bond acceptors (Lipinski definition) is 3. The number of benzene rings is 1. The highest BCUT2D eigenvalue weighted by atomic mass is 19.4. The zero-order valence-electron chi connectivity index (χ0n) is 8.21. The Balaban J connectivity index is 0.000000921. The van der Waals surface area contributed by atoms with E-state index < -0.39 is 6.36 Å². The summed E-state index contributed by atoms with van der Waals surface area (Å²) in [6.07, 6.45) is -4.71. The van der Waals surface area contributed by atoms with Crippen LogP contribution < -0.4 is 4.74 Å². The van der Waals surface area contributed by atoms with Crippen molar-refractivity contribution in [3.8, 4) is 5.75 Å². The largest absolute Gasteiger partial charge is 0.573 e. The summed E-state index contributed by atoms with van der Waals surface area (Å²) in [5, 5.41) is 2.52. The average Bonchev–Trinajstić information content (AvgIpc) is 2.20. The molecule has 0 heterocycles. The van der Waals surface area contributed by atoms with Gasteiger partial charge in [0, 0.05) is 0 Å². The molecule has 6 heteroatoms. The van der Waals surface area contributed by atoms with Gasteiger partial charge >= 0.3 is 6.36 Å². The van der Waals surface area contributed by atoms with Crippen LogP contribution in [0.4, 0.5) is 18.9 Å². The molecular weight excluding hydrogens is 211 g/mol. The highest BCUT2D eigenvalue weighted by Crippen LogP contribution is 2.24. The van der Waals surface area contributed by atoms with E-state index in [0.717, 1.165) is 24.3 Å². The van der Waals surface area contributed by atoms with E-state index in [4.69, 9.17) is 0 Å². The summed E-state index contributed by atoms with van der Waals surface area (Å²) >= 11 is 0. The summed E-state index contributed by atoms with van der Waals surface area (Å²) in [6.45, 7) is 4.00. The molecule has 0 amide bonds. The van der Waals surface area contributed by atoms with Gasteiger partial charge in [-0.15, -0.1) is 18.1 Å². The minimum Gasteiger partial charge on any atom is -0.406 e. The molecule has 0 aliphatic heterocycles. The first-order chi connectivity index (χ1) is 7.01. The van der Waals surface area contributed by atoms with Crippen LogP contribution in [0.5, 0.6) is 5.75 Å². The fraction of sp³-hybridized carbons (Fsp3) is 0.333. The highest BCUT2D eigenvalue weighted by molar-refractivity contribution is 5.40. The molecule has 0 atom stereocenters. The van der Waals surface area contributed by atoms with Crippen molar-refractivity contribution in [2.45, 2.75) is 20.2 Å². The van der Waals surface area contributed by atoms with Gasteiger partial charge in [-0.2, -0.15) is 0 Å². The second kappa shape index (κ2) is 6.00. The molecule has 0 bridgehead atoms. The summed E-state index contributed by atoms with van der Waals surface area (Å²) in [7, 11) is 0. The Morgan fingerprint density at radius 1 is 1.13 bits per heavy atom. The minimum absolute atomic E-state index is 0.0505. The van der Waals surface area contributed by atoms with E-state index in [0.29, 0.717) is 0 Å². The molecule has 3 nitrogen and oxygen atoms in total. The fourth-order valence-electron chi connectivity index (χ4n) is 0.709. The molecule has 0 saturated carbocycles. The van der Waals surface area contributed by atoms with Crippen molar-refractivity contribution >= 4 is 5.69 Å². The van der Waals surface area contributed by atoms with Crippen molar-refractivity contribution < 1.29 is 17.9 Å². The highest BCUT2D eigenvalue weighted by Gasteiger charge is 2.30. The predicted octanol–water partition coefficient (Wildman–Crippen LogP) is 4.01. The Morgan fingerprint density at radius 2 is 1.60 bits per heavy atom. The number of nitroso groups, excluding NO2 is 1. The van der Waals surface area contributed by atoms with Crippen molar-refractivity contribution in [3.05, 3.63) is 29.2 Å². The van der Waals surface area contributed by atoms with Crippen molar-refractivity contribution in [1.29, 1.82) is 0 Å². The van der Waals surface area contributed by atoms with Gasteiger partial charge in [0.15, 0.2) is 0 Å². The van der Waals surface area contributed by atoms with Crippen LogP contribution in [0.15, 0.2) is 29.4 Å². The van der Waals surface area contributed by atoms with Crippen molar-refractivity contribution in [2.75, 3.05) is 0 Å². The molecule has 1 aromatic rings. The maximum Gasteiger partial charge on any atom is 0.573 e. The van der Waals surface area contributed by atoms with Crippen LogP contribution in [0.25, 0.3) is 0 Å². The van der Waals surface area contributed by atoms with E-state index in [1.807, 2.05) is 13.8 Å². The van der Waals surface area contributed by atoms with E-state index >= 15 is 0 Å². The molecule has 0 radical (unpaired) electrons. The number of nitrogens with zero attached hydrogens (tertiary/aromatic N) is 1. The first kappa shape index (κ1) is 13.4. The van der Waals surface area contributed by atoms with Crippen LogP contribution in [-0.4, -0.2) is 6.36 Å². The normalized spacial score (nSPS) is 9.93. The molecular formula is C9H10F3NO2.